The number of nitriles is 1. The minimum Gasteiger partial charge on any atom is -0.483 e. The Balaban J connectivity index is 1.70. The van der Waals surface area contributed by atoms with Gasteiger partial charge in [-0.15, -0.1) is 0 Å². The number of benzene rings is 1. The van der Waals surface area contributed by atoms with Crippen LogP contribution in [-0.4, -0.2) is 9.97 Å². The van der Waals surface area contributed by atoms with Crippen molar-refractivity contribution in [2.45, 2.75) is 33.9 Å². The summed E-state index contributed by atoms with van der Waals surface area (Å²) < 4.78 is 11.5. The SMILES string of the molecule is Cc1cc(C)c(OCc2nc(C#N)c(NCc3cccnc3)o2)c(C)c1. The zero-order chi connectivity index (χ0) is 18.5. The molecule has 0 bridgehead atoms. The van der Waals surface area contributed by atoms with Gasteiger partial charge in [0.05, 0.1) is 0 Å². The predicted octanol–water partition coefficient (Wildman–Crippen LogP) is 4.06. The van der Waals surface area contributed by atoms with Gasteiger partial charge in [-0.25, -0.2) is 0 Å². The van der Waals surface area contributed by atoms with Gasteiger partial charge >= 0.3 is 0 Å². The minimum absolute atomic E-state index is 0.161. The Bertz CT molecular complexity index is 919. The third kappa shape index (κ3) is 4.01. The van der Waals surface area contributed by atoms with Gasteiger partial charge in [-0.1, -0.05) is 23.8 Å². The van der Waals surface area contributed by atoms with Gasteiger partial charge in [0.15, 0.2) is 6.61 Å². The second-order valence-electron chi connectivity index (χ2n) is 6.13. The van der Waals surface area contributed by atoms with Crippen LogP contribution < -0.4 is 10.1 Å². The molecule has 6 nitrogen and oxygen atoms in total. The normalized spacial score (nSPS) is 10.4. The summed E-state index contributed by atoms with van der Waals surface area (Å²) in [6.45, 7) is 6.72. The molecule has 3 rings (SSSR count). The van der Waals surface area contributed by atoms with Crippen molar-refractivity contribution in [2.24, 2.45) is 0 Å². The first-order valence-corrected chi connectivity index (χ1v) is 8.30. The van der Waals surface area contributed by atoms with E-state index in [1.165, 1.54) is 5.56 Å². The molecule has 0 atom stereocenters. The van der Waals surface area contributed by atoms with Crippen molar-refractivity contribution in [3.63, 3.8) is 0 Å². The predicted molar refractivity (Wildman–Crippen MR) is 97.8 cm³/mol. The summed E-state index contributed by atoms with van der Waals surface area (Å²) in [5, 5.41) is 12.3. The molecule has 132 valence electrons. The van der Waals surface area contributed by atoms with E-state index in [9.17, 15) is 5.26 Å². The van der Waals surface area contributed by atoms with Crippen LogP contribution in [0.3, 0.4) is 0 Å². The third-order valence-corrected chi connectivity index (χ3v) is 3.90. The Morgan fingerprint density at radius 1 is 1.23 bits per heavy atom. The van der Waals surface area contributed by atoms with Gasteiger partial charge in [0.2, 0.25) is 17.5 Å². The lowest BCUT2D eigenvalue weighted by Gasteiger charge is -2.11. The first kappa shape index (κ1) is 17.5. The summed E-state index contributed by atoms with van der Waals surface area (Å²) in [6.07, 6.45) is 3.46. The van der Waals surface area contributed by atoms with Crippen LogP contribution in [0.25, 0.3) is 0 Å². The fourth-order valence-corrected chi connectivity index (χ4v) is 2.84. The highest BCUT2D eigenvalue weighted by atomic mass is 16.5. The second-order valence-corrected chi connectivity index (χ2v) is 6.13. The van der Waals surface area contributed by atoms with Crippen molar-refractivity contribution in [1.82, 2.24) is 9.97 Å². The molecule has 0 saturated heterocycles. The van der Waals surface area contributed by atoms with E-state index < -0.39 is 0 Å². The third-order valence-electron chi connectivity index (χ3n) is 3.90. The van der Waals surface area contributed by atoms with Gasteiger partial charge in [-0.3, -0.25) is 4.98 Å². The first-order chi connectivity index (χ1) is 12.6. The van der Waals surface area contributed by atoms with E-state index in [4.69, 9.17) is 9.15 Å². The van der Waals surface area contributed by atoms with Crippen LogP contribution in [0, 0.1) is 32.1 Å². The number of aryl methyl sites for hydroxylation is 3. The number of aromatic nitrogens is 2. The molecule has 26 heavy (non-hydrogen) atoms. The second kappa shape index (κ2) is 7.70. The molecular formula is C20H20N4O2. The highest BCUT2D eigenvalue weighted by molar-refractivity contribution is 5.46. The largest absolute Gasteiger partial charge is 0.483 e. The lowest BCUT2D eigenvalue weighted by atomic mass is 10.1. The Morgan fingerprint density at radius 2 is 2.00 bits per heavy atom. The van der Waals surface area contributed by atoms with Gasteiger partial charge in [0, 0.05) is 18.9 Å². The van der Waals surface area contributed by atoms with E-state index >= 15 is 0 Å². The monoisotopic (exact) mass is 348 g/mol. The number of hydrogen-bond donors (Lipinski definition) is 1. The van der Waals surface area contributed by atoms with Gasteiger partial charge < -0.3 is 14.5 Å². The molecule has 0 fully saturated rings. The van der Waals surface area contributed by atoms with Crippen LogP contribution in [0.5, 0.6) is 5.75 Å². The molecule has 0 aliphatic rings. The zero-order valence-electron chi connectivity index (χ0n) is 15.0. The molecule has 0 aliphatic carbocycles. The summed E-state index contributed by atoms with van der Waals surface area (Å²) in [5.41, 5.74) is 4.51. The fourth-order valence-electron chi connectivity index (χ4n) is 2.84. The van der Waals surface area contributed by atoms with Crippen LogP contribution >= 0.6 is 0 Å². The number of nitrogens with one attached hydrogen (secondary N) is 1. The molecule has 2 aromatic heterocycles. The van der Waals surface area contributed by atoms with E-state index in [1.807, 2.05) is 32.0 Å². The number of rotatable bonds is 6. The molecule has 6 heteroatoms. The highest BCUT2D eigenvalue weighted by Crippen LogP contribution is 2.26. The van der Waals surface area contributed by atoms with E-state index in [1.54, 1.807) is 12.4 Å². The number of pyridine rings is 1. The summed E-state index contributed by atoms with van der Waals surface area (Å²) in [7, 11) is 0. The van der Waals surface area contributed by atoms with E-state index in [2.05, 4.69) is 34.3 Å². The lowest BCUT2D eigenvalue weighted by molar-refractivity contribution is 0.261. The van der Waals surface area contributed by atoms with Gasteiger partial charge in [-0.05, 0) is 43.5 Å². The molecular weight excluding hydrogens is 328 g/mol. The van der Waals surface area contributed by atoms with Gasteiger partial charge in [0.1, 0.15) is 11.8 Å². The number of hydrogen-bond acceptors (Lipinski definition) is 6. The van der Waals surface area contributed by atoms with Crippen LogP contribution in [0.1, 0.15) is 33.8 Å². The maximum Gasteiger partial charge on any atom is 0.236 e. The van der Waals surface area contributed by atoms with Crippen LogP contribution in [0.4, 0.5) is 5.88 Å². The van der Waals surface area contributed by atoms with Gasteiger partial charge in [-0.2, -0.15) is 10.2 Å². The lowest BCUT2D eigenvalue weighted by Crippen LogP contribution is -2.00. The van der Waals surface area contributed by atoms with Crippen molar-refractivity contribution in [1.29, 1.82) is 5.26 Å². The van der Waals surface area contributed by atoms with Crippen molar-refractivity contribution in [3.8, 4) is 11.8 Å². The summed E-state index contributed by atoms with van der Waals surface area (Å²) >= 11 is 0. The van der Waals surface area contributed by atoms with Crippen LogP contribution in [0.2, 0.25) is 0 Å². The number of anilines is 1. The number of oxazole rings is 1. The zero-order valence-corrected chi connectivity index (χ0v) is 15.0. The summed E-state index contributed by atoms with van der Waals surface area (Å²) in [5.74, 6) is 1.51. The quantitative estimate of drug-likeness (QED) is 0.723. The maximum absolute atomic E-state index is 9.27. The molecule has 1 aromatic carbocycles. The van der Waals surface area contributed by atoms with Crippen molar-refractivity contribution in [2.75, 3.05) is 5.32 Å². The summed E-state index contributed by atoms with van der Waals surface area (Å²) in [4.78, 5) is 8.26. The smallest absolute Gasteiger partial charge is 0.236 e. The molecule has 3 aromatic rings. The Morgan fingerprint density at radius 3 is 2.65 bits per heavy atom. The van der Waals surface area contributed by atoms with Crippen LogP contribution in [0.15, 0.2) is 41.1 Å². The Kier molecular flexibility index (Phi) is 5.18. The Labute approximate surface area is 152 Å². The molecule has 0 amide bonds. The number of ether oxygens (including phenoxy) is 1. The molecule has 0 radical (unpaired) electrons. The first-order valence-electron chi connectivity index (χ1n) is 8.30. The van der Waals surface area contributed by atoms with E-state index in [0.717, 1.165) is 22.4 Å². The van der Waals surface area contributed by atoms with E-state index in [0.29, 0.717) is 18.3 Å². The standard InChI is InChI=1S/C20H20N4O2/c1-13-7-14(2)19(15(3)8-13)25-12-18-24-17(9-21)20(26-18)23-11-16-5-4-6-22-10-16/h4-8,10,23H,11-12H2,1-3H3. The molecule has 0 unspecified atom stereocenters. The molecule has 1 N–H and O–H groups in total. The van der Waals surface area contributed by atoms with Crippen molar-refractivity contribution in [3.05, 3.63) is 70.5 Å². The van der Waals surface area contributed by atoms with E-state index in [-0.39, 0.29) is 12.3 Å². The maximum atomic E-state index is 9.27. The highest BCUT2D eigenvalue weighted by Gasteiger charge is 2.14. The molecule has 0 aliphatic heterocycles. The molecule has 0 saturated carbocycles. The number of nitrogens with zero attached hydrogens (tertiary/aromatic N) is 3. The summed E-state index contributed by atoms with van der Waals surface area (Å²) in [6, 6.07) is 9.98. The van der Waals surface area contributed by atoms with Crippen LogP contribution in [-0.2, 0) is 13.2 Å². The van der Waals surface area contributed by atoms with Gasteiger partial charge in [0.25, 0.3) is 0 Å². The topological polar surface area (TPSA) is 84.0 Å². The average Bonchev–Trinajstić information content (AvgIpc) is 3.02. The molecule has 0 spiro atoms. The Hall–Kier alpha value is -3.33. The average molecular weight is 348 g/mol. The molecule has 2 heterocycles. The minimum atomic E-state index is 0.161. The fraction of sp³-hybridized carbons (Fsp3) is 0.250. The van der Waals surface area contributed by atoms with Crippen molar-refractivity contribution < 1.29 is 9.15 Å². The van der Waals surface area contributed by atoms with Crippen molar-refractivity contribution >= 4 is 5.88 Å².